The van der Waals surface area contributed by atoms with Gasteiger partial charge in [-0.25, -0.2) is 0 Å². The van der Waals surface area contributed by atoms with Gasteiger partial charge in [0.1, 0.15) is 0 Å². The van der Waals surface area contributed by atoms with Crippen molar-refractivity contribution < 1.29 is 0 Å². The van der Waals surface area contributed by atoms with E-state index in [-0.39, 0.29) is 0 Å². The highest BCUT2D eigenvalue weighted by molar-refractivity contribution is 5.64. The van der Waals surface area contributed by atoms with Crippen LogP contribution in [0.25, 0.3) is 5.57 Å². The van der Waals surface area contributed by atoms with Crippen LogP contribution in [0, 0.1) is 6.92 Å². The van der Waals surface area contributed by atoms with Gasteiger partial charge in [0.05, 0.1) is 0 Å². The molecule has 1 aromatic carbocycles. The predicted octanol–water partition coefficient (Wildman–Crippen LogP) is 3.01. The molecular weight excluding hydrogens is 170 g/mol. The van der Waals surface area contributed by atoms with Crippen LogP contribution < -0.4 is 5.32 Å². The van der Waals surface area contributed by atoms with Crippen LogP contribution in [0.1, 0.15) is 24.5 Å². The maximum absolute atomic E-state index is 3.14. The van der Waals surface area contributed by atoms with E-state index in [1.807, 2.05) is 7.05 Å². The third kappa shape index (κ3) is 3.35. The van der Waals surface area contributed by atoms with Crippen LogP contribution in [0.5, 0.6) is 0 Å². The van der Waals surface area contributed by atoms with E-state index in [0.717, 1.165) is 13.0 Å². The summed E-state index contributed by atoms with van der Waals surface area (Å²) >= 11 is 0. The fourth-order valence-corrected chi connectivity index (χ4v) is 1.44. The summed E-state index contributed by atoms with van der Waals surface area (Å²) in [6, 6.07) is 8.63. The van der Waals surface area contributed by atoms with Gasteiger partial charge in [0.2, 0.25) is 0 Å². The maximum atomic E-state index is 3.14. The summed E-state index contributed by atoms with van der Waals surface area (Å²) in [7, 11) is 1.98. The van der Waals surface area contributed by atoms with Gasteiger partial charge in [-0.1, -0.05) is 35.9 Å². The fourth-order valence-electron chi connectivity index (χ4n) is 1.44. The molecule has 0 saturated carbocycles. The van der Waals surface area contributed by atoms with E-state index in [4.69, 9.17) is 0 Å². The normalized spacial score (nSPS) is 11.8. The highest BCUT2D eigenvalue weighted by Crippen LogP contribution is 2.15. The van der Waals surface area contributed by atoms with Crippen LogP contribution in [-0.4, -0.2) is 13.6 Å². The van der Waals surface area contributed by atoms with Crippen LogP contribution in [0.3, 0.4) is 0 Å². The largest absolute Gasteiger partial charge is 0.319 e. The van der Waals surface area contributed by atoms with Gasteiger partial charge in [-0.15, -0.1) is 0 Å². The molecule has 0 saturated heterocycles. The maximum Gasteiger partial charge on any atom is -0.00171 e. The molecule has 1 heteroatoms. The van der Waals surface area contributed by atoms with E-state index >= 15 is 0 Å². The third-order valence-corrected chi connectivity index (χ3v) is 2.32. The Labute approximate surface area is 86.8 Å². The highest BCUT2D eigenvalue weighted by Gasteiger charge is 1.94. The van der Waals surface area contributed by atoms with E-state index in [1.165, 1.54) is 16.7 Å². The second kappa shape index (κ2) is 5.61. The molecule has 0 amide bonds. The molecular formula is C13H19N. The second-order valence-corrected chi connectivity index (χ2v) is 3.65. The Hall–Kier alpha value is -1.08. The van der Waals surface area contributed by atoms with Crippen LogP contribution in [-0.2, 0) is 0 Å². The summed E-state index contributed by atoms with van der Waals surface area (Å²) in [6.07, 6.45) is 3.38. The number of rotatable bonds is 4. The zero-order chi connectivity index (χ0) is 10.4. The minimum Gasteiger partial charge on any atom is -0.319 e. The molecule has 0 bridgehead atoms. The van der Waals surface area contributed by atoms with Crippen molar-refractivity contribution in [1.29, 1.82) is 0 Å². The second-order valence-electron chi connectivity index (χ2n) is 3.65. The van der Waals surface area contributed by atoms with Crippen LogP contribution in [0.2, 0.25) is 0 Å². The molecule has 1 nitrogen and oxygen atoms in total. The fraction of sp³-hybridized carbons (Fsp3) is 0.385. The third-order valence-electron chi connectivity index (χ3n) is 2.32. The smallest absolute Gasteiger partial charge is 0.00171 e. The van der Waals surface area contributed by atoms with Gasteiger partial charge in [-0.2, -0.15) is 0 Å². The van der Waals surface area contributed by atoms with E-state index in [0.29, 0.717) is 0 Å². The number of aryl methyl sites for hydroxylation is 1. The number of nitrogens with one attached hydrogen (secondary N) is 1. The van der Waals surface area contributed by atoms with E-state index in [9.17, 15) is 0 Å². The van der Waals surface area contributed by atoms with Crippen molar-refractivity contribution in [2.24, 2.45) is 0 Å². The molecule has 0 unspecified atom stereocenters. The predicted molar refractivity (Wildman–Crippen MR) is 63.4 cm³/mol. The topological polar surface area (TPSA) is 12.0 Å². The van der Waals surface area contributed by atoms with E-state index in [2.05, 4.69) is 49.5 Å². The molecule has 0 atom stereocenters. The Bertz CT molecular complexity index is 313. The minimum absolute atomic E-state index is 1.04. The van der Waals surface area contributed by atoms with Crippen LogP contribution in [0.15, 0.2) is 30.3 Å². The average Bonchev–Trinajstić information content (AvgIpc) is 2.18. The first-order chi connectivity index (χ1) is 6.74. The Kier molecular flexibility index (Phi) is 4.41. The molecule has 0 aliphatic heterocycles. The lowest BCUT2D eigenvalue weighted by atomic mass is 10.0. The van der Waals surface area contributed by atoms with Crippen molar-refractivity contribution in [2.45, 2.75) is 20.3 Å². The summed E-state index contributed by atoms with van der Waals surface area (Å²) in [5, 5.41) is 3.14. The summed E-state index contributed by atoms with van der Waals surface area (Å²) in [5.41, 5.74) is 4.02. The first kappa shape index (κ1) is 11.0. The Balaban J connectivity index is 2.68. The molecule has 0 fully saturated rings. The Morgan fingerprint density at radius 2 is 2.21 bits per heavy atom. The van der Waals surface area contributed by atoms with Crippen LogP contribution >= 0.6 is 0 Å². The molecule has 76 valence electrons. The summed E-state index contributed by atoms with van der Waals surface area (Å²) in [5.74, 6) is 0. The van der Waals surface area contributed by atoms with Crippen molar-refractivity contribution in [3.8, 4) is 0 Å². The number of benzene rings is 1. The van der Waals surface area contributed by atoms with Gasteiger partial charge >= 0.3 is 0 Å². The number of allylic oxidation sites excluding steroid dienone is 1. The van der Waals surface area contributed by atoms with Crippen molar-refractivity contribution in [3.63, 3.8) is 0 Å². The number of hydrogen-bond acceptors (Lipinski definition) is 1. The van der Waals surface area contributed by atoms with Crippen molar-refractivity contribution in [1.82, 2.24) is 5.32 Å². The monoisotopic (exact) mass is 189 g/mol. The lowest BCUT2D eigenvalue weighted by Crippen LogP contribution is -2.05. The first-order valence-corrected chi connectivity index (χ1v) is 5.12. The molecule has 1 N–H and O–H groups in total. The summed E-state index contributed by atoms with van der Waals surface area (Å²) < 4.78 is 0. The van der Waals surface area contributed by atoms with Gasteiger partial charge in [0, 0.05) is 0 Å². The van der Waals surface area contributed by atoms with Gasteiger partial charge in [-0.05, 0) is 45.0 Å². The molecule has 0 aliphatic carbocycles. The molecule has 0 aliphatic rings. The quantitative estimate of drug-likeness (QED) is 0.718. The van der Waals surface area contributed by atoms with Gasteiger partial charge in [0.25, 0.3) is 0 Å². The SMILES string of the molecule is CNCCC=C(C)c1cccc(C)c1. The van der Waals surface area contributed by atoms with Crippen molar-refractivity contribution in [3.05, 3.63) is 41.5 Å². The van der Waals surface area contributed by atoms with Crippen molar-refractivity contribution in [2.75, 3.05) is 13.6 Å². The van der Waals surface area contributed by atoms with Gasteiger partial charge in [0.15, 0.2) is 0 Å². The molecule has 0 radical (unpaired) electrons. The summed E-state index contributed by atoms with van der Waals surface area (Å²) in [6.45, 7) is 5.35. The van der Waals surface area contributed by atoms with Gasteiger partial charge < -0.3 is 5.32 Å². The summed E-state index contributed by atoms with van der Waals surface area (Å²) in [4.78, 5) is 0. The standard InChI is InChI=1S/C13H19N/c1-11-6-4-8-13(10-11)12(2)7-5-9-14-3/h4,6-8,10,14H,5,9H2,1-3H3. The Morgan fingerprint density at radius 3 is 2.86 bits per heavy atom. The molecule has 14 heavy (non-hydrogen) atoms. The Morgan fingerprint density at radius 1 is 1.43 bits per heavy atom. The van der Waals surface area contributed by atoms with Gasteiger partial charge in [-0.3, -0.25) is 0 Å². The lowest BCUT2D eigenvalue weighted by Gasteiger charge is -2.03. The van der Waals surface area contributed by atoms with Crippen LogP contribution in [0.4, 0.5) is 0 Å². The minimum atomic E-state index is 1.04. The molecule has 0 heterocycles. The lowest BCUT2D eigenvalue weighted by molar-refractivity contribution is 0.808. The first-order valence-electron chi connectivity index (χ1n) is 5.12. The highest BCUT2D eigenvalue weighted by atomic mass is 14.8. The molecule has 1 rings (SSSR count). The molecule has 0 spiro atoms. The molecule has 0 aromatic heterocycles. The number of hydrogen-bond donors (Lipinski definition) is 1. The van der Waals surface area contributed by atoms with E-state index < -0.39 is 0 Å². The van der Waals surface area contributed by atoms with E-state index in [1.54, 1.807) is 0 Å². The average molecular weight is 189 g/mol. The zero-order valence-corrected chi connectivity index (χ0v) is 9.30. The van der Waals surface area contributed by atoms with Crippen molar-refractivity contribution >= 4 is 5.57 Å². The zero-order valence-electron chi connectivity index (χ0n) is 9.30. The molecule has 1 aromatic rings.